The summed E-state index contributed by atoms with van der Waals surface area (Å²) in [6, 6.07) is 17.1. The van der Waals surface area contributed by atoms with Crippen molar-refractivity contribution in [3.63, 3.8) is 0 Å². The van der Waals surface area contributed by atoms with Gasteiger partial charge >= 0.3 is 18.0 Å². The lowest BCUT2D eigenvalue weighted by molar-refractivity contribution is -0.172. The van der Waals surface area contributed by atoms with Crippen LogP contribution in [0.2, 0.25) is 0 Å². The van der Waals surface area contributed by atoms with Crippen molar-refractivity contribution in [2.45, 2.75) is 37.0 Å². The fraction of sp³-hybridized carbons (Fsp3) is 0.258. The van der Waals surface area contributed by atoms with Crippen LogP contribution in [0.25, 0.3) is 0 Å². The number of primary amides is 1. The van der Waals surface area contributed by atoms with Gasteiger partial charge in [0.25, 0.3) is 11.8 Å². The number of carbonyl (C=O) groups excluding carboxylic acids is 4. The van der Waals surface area contributed by atoms with Crippen LogP contribution in [0.5, 0.6) is 0 Å². The molecule has 6 N–H and O–H groups in total. The Morgan fingerprint density at radius 2 is 1.73 bits per heavy atom. The molecule has 250 valence electrons. The number of carboxylic acids is 1. The number of nitrogens with two attached hydrogens (primary N) is 2. The Labute approximate surface area is 281 Å². The van der Waals surface area contributed by atoms with Gasteiger partial charge < -0.3 is 36.2 Å². The van der Waals surface area contributed by atoms with Gasteiger partial charge in [0.2, 0.25) is 5.60 Å². The molecule has 17 heteroatoms. The predicted molar refractivity (Wildman–Crippen MR) is 174 cm³/mol. The van der Waals surface area contributed by atoms with Crippen molar-refractivity contribution < 1.29 is 43.4 Å². The van der Waals surface area contributed by atoms with Crippen molar-refractivity contribution in [2.24, 2.45) is 10.9 Å². The lowest BCUT2D eigenvalue weighted by Crippen LogP contribution is -2.71. The summed E-state index contributed by atoms with van der Waals surface area (Å²) in [5.41, 5.74) is 9.99. The van der Waals surface area contributed by atoms with Crippen molar-refractivity contribution in [2.75, 3.05) is 18.1 Å². The van der Waals surface area contributed by atoms with Crippen molar-refractivity contribution in [3.05, 3.63) is 94.1 Å². The third-order valence-electron chi connectivity index (χ3n) is 7.19. The molecule has 0 bridgehead atoms. The number of thiazole rings is 1. The molecule has 3 amide bonds. The molecule has 0 radical (unpaired) electrons. The molecule has 2 atom stereocenters. The standard InChI is InChI=1S/C31H30N6O9S2/c1-31(2,28(42)45-23(16-9-5-3-6-10-16)17-11-7-4-8-12-17)46-36-20(19-15-48-29(32)34-19)24(38)35-21-25(39)37-22(27(40)41)18(13-44-30(33)43)14-47-26(21)37/h3-12,15,21,23,26H,13-14H2,1-2H3,(H2,32,34)(H2,33,43)(H,35,38)(H,40,41)/b36-20-/t21-,26-/m1/s1. The molecular weight excluding hydrogens is 665 g/mol. The quantitative estimate of drug-likeness (QED) is 0.0928. The van der Waals surface area contributed by atoms with Crippen molar-refractivity contribution in [1.82, 2.24) is 15.2 Å². The van der Waals surface area contributed by atoms with Gasteiger partial charge in [-0.1, -0.05) is 65.8 Å². The van der Waals surface area contributed by atoms with E-state index >= 15 is 0 Å². The molecule has 1 saturated heterocycles. The SMILES string of the molecule is CC(C)(O/N=C(\C(=O)N[C@@H]1C(=O)N2C(C(=O)O)=C(COC(N)=O)CS[C@H]12)c1csc(N)n1)C(=O)OC(c1ccccc1)c1ccccc1. The van der Waals surface area contributed by atoms with E-state index in [9.17, 15) is 29.1 Å². The summed E-state index contributed by atoms with van der Waals surface area (Å²) in [5, 5.41) is 17.1. The fourth-order valence-electron chi connectivity index (χ4n) is 4.79. The third-order valence-corrected chi connectivity index (χ3v) is 9.20. The van der Waals surface area contributed by atoms with E-state index in [0.717, 1.165) is 39.1 Å². The Kier molecular flexibility index (Phi) is 10.00. The molecule has 2 aromatic carbocycles. The van der Waals surface area contributed by atoms with Crippen LogP contribution in [0.4, 0.5) is 9.93 Å². The second-order valence-corrected chi connectivity index (χ2v) is 12.9. The zero-order chi connectivity index (χ0) is 34.6. The van der Waals surface area contributed by atoms with Gasteiger partial charge in [-0.2, -0.15) is 0 Å². The number of β-lactam (4-membered cyclic amide) rings is 1. The number of aromatic nitrogens is 1. The maximum Gasteiger partial charge on any atom is 0.404 e. The molecule has 0 unspecified atom stereocenters. The summed E-state index contributed by atoms with van der Waals surface area (Å²) in [6.45, 7) is 2.43. The number of nitrogen functional groups attached to an aromatic ring is 1. The van der Waals surface area contributed by atoms with Crippen LogP contribution in [0.15, 0.2) is 82.5 Å². The van der Waals surface area contributed by atoms with Crippen LogP contribution < -0.4 is 16.8 Å². The van der Waals surface area contributed by atoms with Gasteiger partial charge in [-0.05, 0) is 25.0 Å². The Morgan fingerprint density at radius 1 is 1.10 bits per heavy atom. The molecule has 15 nitrogen and oxygen atoms in total. The molecule has 3 aromatic rings. The van der Waals surface area contributed by atoms with Gasteiger partial charge in [0.1, 0.15) is 29.4 Å². The molecule has 0 aliphatic carbocycles. The number of aliphatic carboxylic acids is 1. The molecule has 5 rings (SSSR count). The Morgan fingerprint density at radius 3 is 2.27 bits per heavy atom. The monoisotopic (exact) mass is 694 g/mol. The highest BCUT2D eigenvalue weighted by molar-refractivity contribution is 8.00. The molecular formula is C31H30N6O9S2. The summed E-state index contributed by atoms with van der Waals surface area (Å²) < 4.78 is 10.6. The van der Waals surface area contributed by atoms with E-state index in [2.05, 4.69) is 15.5 Å². The van der Waals surface area contributed by atoms with E-state index in [-0.39, 0.29) is 33.6 Å². The smallest absolute Gasteiger partial charge is 0.404 e. The van der Waals surface area contributed by atoms with E-state index < -0.39 is 59.6 Å². The first-order chi connectivity index (χ1) is 22.9. The van der Waals surface area contributed by atoms with E-state index in [1.54, 1.807) is 0 Å². The minimum absolute atomic E-state index is 0.0162. The van der Waals surface area contributed by atoms with Crippen LogP contribution in [0.1, 0.15) is 36.8 Å². The normalized spacial score (nSPS) is 17.7. The minimum Gasteiger partial charge on any atom is -0.477 e. The van der Waals surface area contributed by atoms with Crippen LogP contribution in [-0.4, -0.2) is 79.9 Å². The second kappa shape index (κ2) is 14.1. The molecule has 48 heavy (non-hydrogen) atoms. The Bertz CT molecular complexity index is 1760. The van der Waals surface area contributed by atoms with Crippen LogP contribution in [-0.2, 0) is 33.5 Å². The highest BCUT2D eigenvalue weighted by Gasteiger charge is 2.54. The lowest BCUT2D eigenvalue weighted by atomic mass is 10.0. The number of ether oxygens (including phenoxy) is 2. The first-order valence-electron chi connectivity index (χ1n) is 14.3. The number of nitrogens with one attached hydrogen (secondary N) is 1. The maximum atomic E-state index is 13.6. The molecule has 0 spiro atoms. The topological polar surface area (TPSA) is 226 Å². The van der Waals surface area contributed by atoms with Gasteiger partial charge in [0.05, 0.1) is 0 Å². The van der Waals surface area contributed by atoms with Gasteiger partial charge in [-0.15, -0.1) is 23.1 Å². The zero-order valence-corrected chi connectivity index (χ0v) is 27.2. The number of carboxylic acid groups (broad SMARTS) is 1. The predicted octanol–water partition coefficient (Wildman–Crippen LogP) is 2.39. The number of anilines is 1. The van der Waals surface area contributed by atoms with E-state index in [1.807, 2.05) is 60.7 Å². The number of rotatable bonds is 12. The highest BCUT2D eigenvalue weighted by atomic mass is 32.2. The Hall–Kier alpha value is -5.42. The molecule has 0 saturated carbocycles. The molecule has 3 heterocycles. The minimum atomic E-state index is -1.71. The van der Waals surface area contributed by atoms with Gasteiger partial charge in [-0.25, -0.2) is 19.4 Å². The Balaban J connectivity index is 1.34. The number of amides is 3. The number of benzene rings is 2. The molecule has 2 aliphatic heterocycles. The van der Waals surface area contributed by atoms with E-state index in [0.29, 0.717) is 0 Å². The van der Waals surface area contributed by atoms with Crippen molar-refractivity contribution in [3.8, 4) is 0 Å². The van der Waals surface area contributed by atoms with Crippen LogP contribution in [0.3, 0.4) is 0 Å². The van der Waals surface area contributed by atoms with E-state index in [4.69, 9.17) is 25.8 Å². The molecule has 1 aromatic heterocycles. The summed E-state index contributed by atoms with van der Waals surface area (Å²) in [4.78, 5) is 74.0. The number of esters is 1. The average molecular weight is 695 g/mol. The van der Waals surface area contributed by atoms with Gasteiger partial charge in [-0.3, -0.25) is 14.5 Å². The van der Waals surface area contributed by atoms with Crippen molar-refractivity contribution >= 4 is 63.8 Å². The lowest BCUT2D eigenvalue weighted by Gasteiger charge is -2.49. The highest BCUT2D eigenvalue weighted by Crippen LogP contribution is 2.40. The number of hydrogen-bond donors (Lipinski definition) is 4. The first kappa shape index (κ1) is 33.9. The summed E-state index contributed by atoms with van der Waals surface area (Å²) in [6.07, 6.45) is -1.86. The van der Waals surface area contributed by atoms with Crippen LogP contribution in [0, 0.1) is 0 Å². The number of thioether (sulfide) groups is 1. The summed E-state index contributed by atoms with van der Waals surface area (Å²) in [7, 11) is 0. The fourth-order valence-corrected chi connectivity index (χ4v) is 6.67. The number of carbonyl (C=O) groups is 5. The summed E-state index contributed by atoms with van der Waals surface area (Å²) >= 11 is 2.18. The maximum absolute atomic E-state index is 13.6. The van der Waals surface area contributed by atoms with Gasteiger partial charge in [0.15, 0.2) is 16.9 Å². The molecule has 2 aliphatic rings. The number of fused-ring (bicyclic) bond motifs is 1. The molecule has 1 fully saturated rings. The second-order valence-electron chi connectivity index (χ2n) is 10.9. The number of hydrogen-bond acceptors (Lipinski definition) is 13. The number of nitrogens with zero attached hydrogens (tertiary/aromatic N) is 3. The zero-order valence-electron chi connectivity index (χ0n) is 25.5. The number of oxime groups is 1. The largest absolute Gasteiger partial charge is 0.477 e. The first-order valence-corrected chi connectivity index (χ1v) is 16.2. The summed E-state index contributed by atoms with van der Waals surface area (Å²) in [5.74, 6) is -3.71. The van der Waals surface area contributed by atoms with Crippen LogP contribution >= 0.6 is 23.1 Å². The third kappa shape index (κ3) is 7.26. The van der Waals surface area contributed by atoms with E-state index in [1.165, 1.54) is 19.2 Å². The van der Waals surface area contributed by atoms with Gasteiger partial charge in [0, 0.05) is 16.7 Å². The van der Waals surface area contributed by atoms with Crippen molar-refractivity contribution in [1.29, 1.82) is 0 Å². The average Bonchev–Trinajstić information content (AvgIpc) is 3.50.